The molecule has 0 saturated carbocycles. The molecule has 27 heavy (non-hydrogen) atoms. The number of carboxylic acid groups (broad SMARTS) is 1. The van der Waals surface area contributed by atoms with E-state index >= 15 is 0 Å². The highest BCUT2D eigenvalue weighted by atomic mass is 32.2. The summed E-state index contributed by atoms with van der Waals surface area (Å²) in [4.78, 5) is 12.4. The molecule has 0 aliphatic heterocycles. The number of carbonyl (C=O) groups is 1. The maximum absolute atomic E-state index is 12.9. The number of hydrogen-bond acceptors (Lipinski definition) is 4. The first-order valence-corrected chi connectivity index (χ1v) is 9.34. The Morgan fingerprint density at radius 1 is 0.963 bits per heavy atom. The van der Waals surface area contributed by atoms with Crippen LogP contribution in [-0.4, -0.2) is 22.4 Å². The number of aromatic carboxylic acids is 1. The Labute approximate surface area is 159 Å². The van der Waals surface area contributed by atoms with E-state index in [0.717, 1.165) is 5.56 Å². The van der Waals surface area contributed by atoms with Crippen molar-refractivity contribution in [2.45, 2.75) is 16.4 Å². The normalized spacial score (nSPS) is 11.6. The molecule has 1 N–H and O–H groups in total. The first kappa shape index (κ1) is 18.7. The van der Waals surface area contributed by atoms with Gasteiger partial charge in [-0.2, -0.15) is 0 Å². The van der Waals surface area contributed by atoms with Crippen LogP contribution in [0.15, 0.2) is 82.6 Å². The van der Waals surface area contributed by atoms with Crippen molar-refractivity contribution in [1.29, 1.82) is 0 Å². The van der Waals surface area contributed by atoms with Gasteiger partial charge in [0.1, 0.15) is 6.61 Å². The zero-order valence-electron chi connectivity index (χ0n) is 14.6. The number of methoxy groups -OCH3 is 1. The Morgan fingerprint density at radius 3 is 2.19 bits per heavy atom. The van der Waals surface area contributed by atoms with Crippen molar-refractivity contribution >= 4 is 16.8 Å². The van der Waals surface area contributed by atoms with E-state index in [4.69, 9.17) is 9.47 Å². The molecule has 0 bridgehead atoms. The van der Waals surface area contributed by atoms with Crippen molar-refractivity contribution in [3.05, 3.63) is 83.9 Å². The van der Waals surface area contributed by atoms with Crippen LogP contribution in [0.5, 0.6) is 11.5 Å². The van der Waals surface area contributed by atoms with Gasteiger partial charge in [0.15, 0.2) is 11.5 Å². The third kappa shape index (κ3) is 4.35. The highest BCUT2D eigenvalue weighted by Crippen LogP contribution is 2.34. The molecule has 138 valence electrons. The maximum Gasteiger partial charge on any atom is 0.337 e. The monoisotopic (exact) mass is 382 g/mol. The van der Waals surface area contributed by atoms with Gasteiger partial charge in [0.2, 0.25) is 0 Å². The Balaban J connectivity index is 2.00. The van der Waals surface area contributed by atoms with Crippen molar-refractivity contribution in [2.24, 2.45) is 0 Å². The van der Waals surface area contributed by atoms with E-state index in [1.807, 2.05) is 30.3 Å². The molecule has 1 unspecified atom stereocenters. The standard InChI is InChI=1S/C21H18O5S/c1-25-18-12-17(21(22)23)20(27(24)16-10-6-3-7-11-16)13-19(18)26-14-15-8-4-2-5-9-15/h2-13H,14H2,1H3,(H,22,23). The van der Waals surface area contributed by atoms with Gasteiger partial charge in [0.25, 0.3) is 0 Å². The molecule has 3 aromatic carbocycles. The highest BCUT2D eigenvalue weighted by Gasteiger charge is 2.21. The van der Waals surface area contributed by atoms with E-state index in [0.29, 0.717) is 10.6 Å². The molecular weight excluding hydrogens is 364 g/mol. The lowest BCUT2D eigenvalue weighted by Gasteiger charge is -2.14. The summed E-state index contributed by atoms with van der Waals surface area (Å²) in [6.45, 7) is 0.279. The van der Waals surface area contributed by atoms with Crippen LogP contribution in [0, 0.1) is 0 Å². The second-order valence-electron chi connectivity index (χ2n) is 5.66. The molecule has 0 heterocycles. The second-order valence-corrected chi connectivity index (χ2v) is 7.11. The largest absolute Gasteiger partial charge is 0.493 e. The fourth-order valence-electron chi connectivity index (χ4n) is 2.54. The summed E-state index contributed by atoms with van der Waals surface area (Å²) in [7, 11) is -0.229. The smallest absolute Gasteiger partial charge is 0.337 e. The van der Waals surface area contributed by atoms with Gasteiger partial charge in [-0.25, -0.2) is 9.00 Å². The van der Waals surface area contributed by atoms with E-state index in [1.165, 1.54) is 19.2 Å². The first-order valence-electron chi connectivity index (χ1n) is 8.19. The van der Waals surface area contributed by atoms with Crippen LogP contribution in [0.3, 0.4) is 0 Å². The lowest BCUT2D eigenvalue weighted by atomic mass is 10.2. The van der Waals surface area contributed by atoms with E-state index in [2.05, 4.69) is 0 Å². The number of carboxylic acids is 1. The molecule has 0 saturated heterocycles. The van der Waals surface area contributed by atoms with Crippen LogP contribution in [0.2, 0.25) is 0 Å². The zero-order chi connectivity index (χ0) is 19.2. The average molecular weight is 382 g/mol. The number of ether oxygens (including phenoxy) is 2. The van der Waals surface area contributed by atoms with E-state index in [-0.39, 0.29) is 22.8 Å². The van der Waals surface area contributed by atoms with Gasteiger partial charge in [-0.05, 0) is 23.8 Å². The van der Waals surface area contributed by atoms with Crippen molar-refractivity contribution in [2.75, 3.05) is 7.11 Å². The predicted octanol–water partition coefficient (Wildman–Crippen LogP) is 4.14. The van der Waals surface area contributed by atoms with Crippen molar-refractivity contribution < 1.29 is 23.6 Å². The average Bonchev–Trinajstić information content (AvgIpc) is 2.72. The summed E-state index contributed by atoms with van der Waals surface area (Å²) < 4.78 is 24.0. The minimum Gasteiger partial charge on any atom is -0.493 e. The predicted molar refractivity (Wildman–Crippen MR) is 102 cm³/mol. The minimum absolute atomic E-state index is 0.0823. The highest BCUT2D eigenvalue weighted by molar-refractivity contribution is 7.85. The first-order chi connectivity index (χ1) is 13.1. The summed E-state index contributed by atoms with van der Waals surface area (Å²) in [6, 6.07) is 21.1. The van der Waals surface area contributed by atoms with E-state index in [9.17, 15) is 14.1 Å². The lowest BCUT2D eigenvalue weighted by molar-refractivity contribution is 0.0692. The van der Waals surface area contributed by atoms with Crippen LogP contribution < -0.4 is 9.47 Å². The van der Waals surface area contributed by atoms with Gasteiger partial charge < -0.3 is 14.6 Å². The second kappa shape index (κ2) is 8.51. The lowest BCUT2D eigenvalue weighted by Crippen LogP contribution is -2.07. The van der Waals surface area contributed by atoms with Gasteiger partial charge in [0.05, 0.1) is 28.4 Å². The van der Waals surface area contributed by atoms with Crippen LogP contribution in [-0.2, 0) is 17.4 Å². The molecular formula is C21H18O5S. The third-order valence-electron chi connectivity index (χ3n) is 3.89. The molecule has 6 heteroatoms. The summed E-state index contributed by atoms with van der Waals surface area (Å²) >= 11 is 0. The molecule has 0 radical (unpaired) electrons. The van der Waals surface area contributed by atoms with Crippen molar-refractivity contribution in [3.8, 4) is 11.5 Å². The van der Waals surface area contributed by atoms with Crippen LogP contribution in [0.1, 0.15) is 15.9 Å². The van der Waals surface area contributed by atoms with Crippen molar-refractivity contribution in [3.63, 3.8) is 0 Å². The minimum atomic E-state index is -1.66. The fraction of sp³-hybridized carbons (Fsp3) is 0.0952. The molecule has 3 aromatic rings. The Kier molecular flexibility index (Phi) is 5.88. The Hall–Kier alpha value is -3.12. The maximum atomic E-state index is 12.9. The van der Waals surface area contributed by atoms with E-state index in [1.54, 1.807) is 30.3 Å². The van der Waals surface area contributed by atoms with Crippen molar-refractivity contribution in [1.82, 2.24) is 0 Å². The summed E-state index contributed by atoms with van der Waals surface area (Å²) in [6.07, 6.45) is 0. The summed E-state index contributed by atoms with van der Waals surface area (Å²) in [5.74, 6) is -0.565. The summed E-state index contributed by atoms with van der Waals surface area (Å²) in [5.41, 5.74) is 0.869. The summed E-state index contributed by atoms with van der Waals surface area (Å²) in [5, 5.41) is 9.55. The molecule has 0 aliphatic carbocycles. The quantitative estimate of drug-likeness (QED) is 0.665. The van der Waals surface area contributed by atoms with Gasteiger partial charge in [0, 0.05) is 11.0 Å². The van der Waals surface area contributed by atoms with Crippen LogP contribution >= 0.6 is 0 Å². The van der Waals surface area contributed by atoms with Crippen LogP contribution in [0.4, 0.5) is 0 Å². The zero-order valence-corrected chi connectivity index (χ0v) is 15.4. The number of benzene rings is 3. The molecule has 0 aliphatic rings. The molecule has 5 nitrogen and oxygen atoms in total. The topological polar surface area (TPSA) is 72.8 Å². The molecule has 1 atom stereocenters. The molecule has 0 amide bonds. The Bertz CT molecular complexity index is 955. The van der Waals surface area contributed by atoms with Gasteiger partial charge >= 0.3 is 5.97 Å². The molecule has 0 spiro atoms. The molecule has 3 rings (SSSR count). The van der Waals surface area contributed by atoms with Gasteiger partial charge in [-0.15, -0.1) is 0 Å². The number of rotatable bonds is 7. The van der Waals surface area contributed by atoms with Gasteiger partial charge in [-0.3, -0.25) is 0 Å². The Morgan fingerprint density at radius 2 is 1.59 bits per heavy atom. The van der Waals surface area contributed by atoms with Crippen LogP contribution in [0.25, 0.3) is 0 Å². The third-order valence-corrected chi connectivity index (χ3v) is 5.33. The van der Waals surface area contributed by atoms with E-state index < -0.39 is 16.8 Å². The molecule has 0 fully saturated rings. The van der Waals surface area contributed by atoms with Gasteiger partial charge in [-0.1, -0.05) is 48.5 Å². The molecule has 0 aromatic heterocycles. The number of hydrogen-bond donors (Lipinski definition) is 1. The SMILES string of the molecule is COc1cc(C(=O)O)c(S(=O)c2ccccc2)cc1OCc1ccccc1. The fourth-order valence-corrected chi connectivity index (χ4v) is 3.76.